The molecule has 90 valence electrons. The summed E-state index contributed by atoms with van der Waals surface area (Å²) < 4.78 is 15.0. The van der Waals surface area contributed by atoms with Crippen LogP contribution in [0.4, 0.5) is 0 Å². The molecule has 0 saturated carbocycles. The zero-order chi connectivity index (χ0) is 12.1. The average Bonchev–Trinajstić information content (AvgIpc) is 2.29. The van der Waals surface area contributed by atoms with Crippen LogP contribution in [0.5, 0.6) is 0 Å². The molecule has 0 N–H and O–H groups in total. The predicted molar refractivity (Wildman–Crippen MR) is 57.5 cm³/mol. The van der Waals surface area contributed by atoms with Crippen molar-refractivity contribution < 1.29 is 19.0 Å². The van der Waals surface area contributed by atoms with Crippen molar-refractivity contribution in [1.29, 1.82) is 0 Å². The standard InChI is InChI=1S/C6H12O2.C5H10O2/c1-5(7)8-6(2,3)4;1-5(2)6-3-4-7-5/h1-4H3;3-4H2,1-2H3. The van der Waals surface area contributed by atoms with Gasteiger partial charge in [0.2, 0.25) is 0 Å². The van der Waals surface area contributed by atoms with Crippen molar-refractivity contribution in [3.05, 3.63) is 0 Å². The molecule has 0 atom stereocenters. The first kappa shape index (κ1) is 14.4. The maximum absolute atomic E-state index is 10.2. The van der Waals surface area contributed by atoms with Gasteiger partial charge in [-0.3, -0.25) is 4.79 Å². The summed E-state index contributed by atoms with van der Waals surface area (Å²) >= 11 is 0. The van der Waals surface area contributed by atoms with E-state index in [2.05, 4.69) is 0 Å². The van der Waals surface area contributed by atoms with Crippen molar-refractivity contribution in [3.63, 3.8) is 0 Å². The van der Waals surface area contributed by atoms with Crippen molar-refractivity contribution in [2.75, 3.05) is 13.2 Å². The monoisotopic (exact) mass is 218 g/mol. The minimum atomic E-state index is -0.328. The number of ether oxygens (including phenoxy) is 3. The molecular formula is C11H22O4. The summed E-state index contributed by atoms with van der Waals surface area (Å²) in [6, 6.07) is 0. The summed E-state index contributed by atoms with van der Waals surface area (Å²) in [6.07, 6.45) is 0. The van der Waals surface area contributed by atoms with Gasteiger partial charge in [-0.25, -0.2) is 0 Å². The highest BCUT2D eigenvalue weighted by molar-refractivity contribution is 5.66. The molecule has 0 aromatic carbocycles. The molecule has 0 aromatic rings. The lowest BCUT2D eigenvalue weighted by atomic mass is 10.2. The minimum Gasteiger partial charge on any atom is -0.460 e. The van der Waals surface area contributed by atoms with Gasteiger partial charge in [0.05, 0.1) is 13.2 Å². The van der Waals surface area contributed by atoms with Crippen LogP contribution in [0.1, 0.15) is 41.5 Å². The largest absolute Gasteiger partial charge is 0.460 e. The molecular weight excluding hydrogens is 196 g/mol. The summed E-state index contributed by atoms with van der Waals surface area (Å²) in [4.78, 5) is 10.2. The molecule has 0 radical (unpaired) electrons. The Labute approximate surface area is 91.9 Å². The molecule has 1 aliphatic rings. The molecule has 1 saturated heterocycles. The number of hydrogen-bond donors (Lipinski definition) is 0. The van der Waals surface area contributed by atoms with E-state index in [1.165, 1.54) is 6.92 Å². The molecule has 1 fully saturated rings. The van der Waals surface area contributed by atoms with E-state index < -0.39 is 0 Å². The van der Waals surface area contributed by atoms with Gasteiger partial charge in [-0.15, -0.1) is 0 Å². The van der Waals surface area contributed by atoms with E-state index in [0.29, 0.717) is 0 Å². The zero-order valence-electron chi connectivity index (χ0n) is 10.5. The molecule has 0 bridgehead atoms. The van der Waals surface area contributed by atoms with Crippen LogP contribution in [0.3, 0.4) is 0 Å². The molecule has 1 heterocycles. The topological polar surface area (TPSA) is 44.8 Å². The highest BCUT2D eigenvalue weighted by Gasteiger charge is 2.23. The smallest absolute Gasteiger partial charge is 0.303 e. The summed E-state index contributed by atoms with van der Waals surface area (Å²) in [7, 11) is 0. The van der Waals surface area contributed by atoms with Crippen LogP contribution in [0, 0.1) is 0 Å². The lowest BCUT2D eigenvalue weighted by Crippen LogP contribution is -2.21. The molecule has 4 heteroatoms. The molecule has 4 nitrogen and oxygen atoms in total. The highest BCUT2D eigenvalue weighted by atomic mass is 16.7. The fourth-order valence-electron chi connectivity index (χ4n) is 1.05. The van der Waals surface area contributed by atoms with Gasteiger partial charge in [0, 0.05) is 6.92 Å². The number of esters is 1. The third-order valence-corrected chi connectivity index (χ3v) is 1.43. The third-order valence-electron chi connectivity index (χ3n) is 1.43. The van der Waals surface area contributed by atoms with Gasteiger partial charge >= 0.3 is 5.97 Å². The second-order valence-corrected chi connectivity index (χ2v) is 4.80. The predicted octanol–water partition coefficient (Wildman–Crippen LogP) is 2.12. The van der Waals surface area contributed by atoms with Crippen LogP contribution in [0.25, 0.3) is 0 Å². The van der Waals surface area contributed by atoms with Crippen molar-refractivity contribution in [3.8, 4) is 0 Å². The summed E-state index contributed by atoms with van der Waals surface area (Å²) in [5.41, 5.74) is -0.328. The van der Waals surface area contributed by atoms with Gasteiger partial charge in [0.25, 0.3) is 0 Å². The Morgan fingerprint density at radius 3 is 1.67 bits per heavy atom. The lowest BCUT2D eigenvalue weighted by molar-refractivity contribution is -0.151. The van der Waals surface area contributed by atoms with E-state index in [4.69, 9.17) is 14.2 Å². The average molecular weight is 218 g/mol. The fraction of sp³-hybridized carbons (Fsp3) is 0.909. The lowest BCUT2D eigenvalue weighted by Gasteiger charge is -2.17. The highest BCUT2D eigenvalue weighted by Crippen LogP contribution is 2.15. The summed E-state index contributed by atoms with van der Waals surface area (Å²) in [6.45, 7) is 12.3. The molecule has 0 unspecified atom stereocenters. The van der Waals surface area contributed by atoms with Crippen LogP contribution in [-0.4, -0.2) is 30.6 Å². The first-order chi connectivity index (χ1) is 6.62. The van der Waals surface area contributed by atoms with Gasteiger partial charge in [-0.2, -0.15) is 0 Å². The molecule has 15 heavy (non-hydrogen) atoms. The Morgan fingerprint density at radius 1 is 1.20 bits per heavy atom. The first-order valence-corrected chi connectivity index (χ1v) is 5.10. The number of rotatable bonds is 0. The van der Waals surface area contributed by atoms with Crippen molar-refractivity contribution in [2.24, 2.45) is 0 Å². The van der Waals surface area contributed by atoms with Gasteiger partial charge in [0.15, 0.2) is 5.79 Å². The van der Waals surface area contributed by atoms with Crippen molar-refractivity contribution in [2.45, 2.75) is 52.9 Å². The Balaban J connectivity index is 0.000000262. The molecule has 0 amide bonds. The van der Waals surface area contributed by atoms with Crippen molar-refractivity contribution >= 4 is 5.97 Å². The normalized spacial score (nSPS) is 19.1. The van der Waals surface area contributed by atoms with Crippen molar-refractivity contribution in [1.82, 2.24) is 0 Å². The number of carbonyl (C=O) groups is 1. The van der Waals surface area contributed by atoms with E-state index in [0.717, 1.165) is 13.2 Å². The van der Waals surface area contributed by atoms with E-state index in [-0.39, 0.29) is 17.4 Å². The maximum atomic E-state index is 10.2. The van der Waals surface area contributed by atoms with Crippen LogP contribution in [0.15, 0.2) is 0 Å². The molecule has 0 spiro atoms. The quantitative estimate of drug-likeness (QED) is 0.584. The molecule has 1 rings (SSSR count). The van der Waals surface area contributed by atoms with Crippen LogP contribution < -0.4 is 0 Å². The van der Waals surface area contributed by atoms with E-state index >= 15 is 0 Å². The van der Waals surface area contributed by atoms with E-state index in [1.54, 1.807) is 0 Å². The summed E-state index contributed by atoms with van der Waals surface area (Å²) in [5, 5.41) is 0. The minimum absolute atomic E-state index is 0.225. The number of hydrogen-bond acceptors (Lipinski definition) is 4. The second kappa shape index (κ2) is 5.47. The maximum Gasteiger partial charge on any atom is 0.303 e. The van der Waals surface area contributed by atoms with E-state index in [9.17, 15) is 4.79 Å². The van der Waals surface area contributed by atoms with Gasteiger partial charge in [-0.05, 0) is 34.6 Å². The van der Waals surface area contributed by atoms with Gasteiger partial charge in [-0.1, -0.05) is 0 Å². The van der Waals surface area contributed by atoms with Crippen LogP contribution in [0.2, 0.25) is 0 Å². The van der Waals surface area contributed by atoms with Gasteiger partial charge < -0.3 is 14.2 Å². The fourth-order valence-corrected chi connectivity index (χ4v) is 1.05. The van der Waals surface area contributed by atoms with Crippen LogP contribution in [-0.2, 0) is 19.0 Å². The number of carbonyl (C=O) groups excluding carboxylic acids is 1. The van der Waals surface area contributed by atoms with Gasteiger partial charge in [0.1, 0.15) is 5.60 Å². The summed E-state index contributed by atoms with van der Waals surface area (Å²) in [5.74, 6) is -0.530. The zero-order valence-corrected chi connectivity index (χ0v) is 10.5. The molecule has 0 aliphatic carbocycles. The molecule has 0 aromatic heterocycles. The Bertz CT molecular complexity index is 195. The SMILES string of the molecule is CC(=O)OC(C)(C)C.CC1(C)OCCO1. The third kappa shape index (κ3) is 9.69. The first-order valence-electron chi connectivity index (χ1n) is 5.10. The van der Waals surface area contributed by atoms with Crippen LogP contribution >= 0.6 is 0 Å². The Morgan fingerprint density at radius 2 is 1.60 bits per heavy atom. The van der Waals surface area contributed by atoms with E-state index in [1.807, 2.05) is 34.6 Å². The second-order valence-electron chi connectivity index (χ2n) is 4.80. The Hall–Kier alpha value is -0.610. The Kier molecular flexibility index (Phi) is 5.24. The molecule has 1 aliphatic heterocycles.